The van der Waals surface area contributed by atoms with Crippen LogP contribution in [-0.2, 0) is 55.8 Å². The van der Waals surface area contributed by atoms with Gasteiger partial charge in [-0.2, -0.15) is 0 Å². The van der Waals surface area contributed by atoms with E-state index in [2.05, 4.69) is 173 Å². The minimum atomic E-state index is -4.97. The number of aliphatic hydroxyl groups is 2. The van der Waals surface area contributed by atoms with Gasteiger partial charge in [0.15, 0.2) is 6.10 Å². The van der Waals surface area contributed by atoms with Crippen LogP contribution in [0.15, 0.2) is 182 Å². The Bertz CT molecular complexity index is 2600. The van der Waals surface area contributed by atoms with Gasteiger partial charge in [0.25, 0.3) is 0 Å². The molecule has 0 aliphatic heterocycles. The van der Waals surface area contributed by atoms with Crippen molar-refractivity contribution in [3.05, 3.63) is 182 Å². The van der Waals surface area contributed by atoms with Crippen molar-refractivity contribution in [2.24, 2.45) is 0 Å². The molecule has 0 radical (unpaired) electrons. The second kappa shape index (κ2) is 76.3. The number of carbonyl (C=O) groups is 3. The van der Waals surface area contributed by atoms with E-state index in [0.29, 0.717) is 32.1 Å². The number of phosphoric acid groups is 2. The molecule has 0 aromatic heterocycles. The first kappa shape index (κ1) is 97.7. The number of allylic oxidation sites excluding steroid dienone is 30. The van der Waals surface area contributed by atoms with Crippen molar-refractivity contribution in [3.8, 4) is 0 Å². The van der Waals surface area contributed by atoms with Crippen LogP contribution in [0.2, 0.25) is 0 Å². The fraction of sp³-hybridized carbons (Fsp3) is 0.612. The third-order valence-electron chi connectivity index (χ3n) is 15.6. The number of hydrogen-bond acceptors (Lipinski definition) is 14. The third kappa shape index (κ3) is 77.6. The first-order valence-corrected chi connectivity index (χ1v) is 42.1. The summed E-state index contributed by atoms with van der Waals surface area (Å²) in [5.74, 6) is -1.76. The molecule has 0 aliphatic carbocycles. The molecule has 16 nitrogen and oxygen atoms in total. The van der Waals surface area contributed by atoms with Crippen LogP contribution in [0.4, 0.5) is 0 Å². The fourth-order valence-electron chi connectivity index (χ4n) is 9.73. The van der Waals surface area contributed by atoms with E-state index in [1.54, 1.807) is 0 Å². The summed E-state index contributed by atoms with van der Waals surface area (Å²) in [4.78, 5) is 58.5. The maximum Gasteiger partial charge on any atom is 0.472 e. The average Bonchev–Trinajstić information content (AvgIpc) is 0.917. The monoisotopic (exact) mass is 1480 g/mol. The molecule has 0 aromatic rings. The zero-order valence-electron chi connectivity index (χ0n) is 63.7. The summed E-state index contributed by atoms with van der Waals surface area (Å²) in [6.45, 7) is 2.24. The molecule has 0 saturated heterocycles. The van der Waals surface area contributed by atoms with E-state index < -0.39 is 91.5 Å². The van der Waals surface area contributed by atoms with Crippen molar-refractivity contribution in [2.75, 3.05) is 39.6 Å². The number of carbonyl (C=O) groups excluding carboxylic acids is 3. The van der Waals surface area contributed by atoms with E-state index in [4.69, 9.17) is 32.3 Å². The summed E-state index contributed by atoms with van der Waals surface area (Å²) in [6, 6.07) is 0. The average molecular weight is 1480 g/mol. The lowest BCUT2D eigenvalue weighted by molar-refractivity contribution is -0.161. The normalized spacial score (nSPS) is 15.0. The van der Waals surface area contributed by atoms with Crippen LogP contribution >= 0.6 is 15.6 Å². The SMILES string of the molecule is CC/C=C\C/C=C\C/C=C\C/C=C\C/C=C\C/C=C\CCC(=O)OCC(COP(=O)(O)OCC(O)COP(=O)(O)OCC(O)COC(=O)CCCCCCCCCCCCCCCCC/C=C\C/C=C\C/C=C\C/C=C\CCCCC)OC(=O)CCC/C=C\C/C=C\C/C=C\C/C=C\C/C=C\CC. The molecule has 0 bridgehead atoms. The minimum Gasteiger partial charge on any atom is -0.463 e. The lowest BCUT2D eigenvalue weighted by Gasteiger charge is -2.21. The van der Waals surface area contributed by atoms with Gasteiger partial charge >= 0.3 is 33.6 Å². The molecule has 0 rings (SSSR count). The second-order valence-corrected chi connectivity index (χ2v) is 28.3. The maximum absolute atomic E-state index is 12.9. The van der Waals surface area contributed by atoms with Gasteiger partial charge in [0, 0.05) is 19.3 Å². The predicted octanol–water partition coefficient (Wildman–Crippen LogP) is 23.0. The van der Waals surface area contributed by atoms with Crippen molar-refractivity contribution in [2.45, 2.75) is 296 Å². The minimum absolute atomic E-state index is 0.00322. The summed E-state index contributed by atoms with van der Waals surface area (Å²) in [7, 11) is -9.84. The molecule has 0 aromatic carbocycles. The lowest BCUT2D eigenvalue weighted by atomic mass is 10.0. The van der Waals surface area contributed by atoms with Crippen molar-refractivity contribution >= 4 is 33.6 Å². The van der Waals surface area contributed by atoms with Crippen LogP contribution in [-0.4, -0.2) is 95.9 Å². The molecule has 0 fully saturated rings. The van der Waals surface area contributed by atoms with Gasteiger partial charge in [0.05, 0.1) is 26.4 Å². The number of esters is 3. The number of unbranched alkanes of at least 4 members (excludes halogenated alkanes) is 19. The Morgan fingerprint density at radius 3 is 0.903 bits per heavy atom. The van der Waals surface area contributed by atoms with Crippen molar-refractivity contribution < 1.29 is 75.8 Å². The Morgan fingerprint density at radius 1 is 0.282 bits per heavy atom. The Balaban J connectivity index is 4.61. The zero-order chi connectivity index (χ0) is 75.2. The smallest absolute Gasteiger partial charge is 0.463 e. The second-order valence-electron chi connectivity index (χ2n) is 25.4. The van der Waals surface area contributed by atoms with Gasteiger partial charge in [-0.3, -0.25) is 32.5 Å². The lowest BCUT2D eigenvalue weighted by Crippen LogP contribution is -2.30. The summed E-state index contributed by atoms with van der Waals surface area (Å²) >= 11 is 0. The maximum atomic E-state index is 12.9. The van der Waals surface area contributed by atoms with E-state index in [1.807, 2.05) is 30.4 Å². The Kier molecular flexibility index (Phi) is 72.3. The summed E-state index contributed by atoms with van der Waals surface area (Å²) in [6.07, 6.45) is 98.4. The molecule has 584 valence electrons. The van der Waals surface area contributed by atoms with E-state index in [1.165, 1.54) is 103 Å². The fourth-order valence-corrected chi connectivity index (χ4v) is 11.3. The van der Waals surface area contributed by atoms with Gasteiger partial charge < -0.3 is 34.2 Å². The van der Waals surface area contributed by atoms with Crippen LogP contribution < -0.4 is 0 Å². The van der Waals surface area contributed by atoms with Crippen molar-refractivity contribution in [1.29, 1.82) is 0 Å². The van der Waals surface area contributed by atoms with Gasteiger partial charge in [-0.25, -0.2) is 9.13 Å². The van der Waals surface area contributed by atoms with Crippen LogP contribution in [0.1, 0.15) is 278 Å². The van der Waals surface area contributed by atoms with Crippen LogP contribution in [0.25, 0.3) is 0 Å². The summed E-state index contributed by atoms with van der Waals surface area (Å²) < 4.78 is 60.9. The predicted molar refractivity (Wildman–Crippen MR) is 426 cm³/mol. The highest BCUT2D eigenvalue weighted by Gasteiger charge is 2.29. The number of rotatable bonds is 72. The summed E-state index contributed by atoms with van der Waals surface area (Å²) in [5.41, 5.74) is 0. The van der Waals surface area contributed by atoms with Gasteiger partial charge in [-0.15, -0.1) is 0 Å². The highest BCUT2D eigenvalue weighted by molar-refractivity contribution is 7.47. The van der Waals surface area contributed by atoms with E-state index in [9.17, 15) is 43.5 Å². The standard InChI is InChI=1S/C85H138O16P2/c1-4-7-10-13-16-19-22-25-28-31-33-34-35-36-37-38-39-40-41-42-43-44-46-49-50-53-56-59-62-65-68-71-83(88)95-74-80(86)75-97-102(91,92)98-76-81(87)77-99-103(93,94)100-79-82(101-85(90)73-70-67-64-61-58-55-52-47-30-27-24-21-18-15-12-9-6-3)78-96-84(89)72-69-66-63-60-57-54-51-48-45-32-29-26-23-20-17-14-11-8-5-2/h8-9,11-12,16-21,25-30,33-34,36-37,45,48,52,54-55,57,61,63-64,66,80-82,86-87H,4-7,10,13-15,22-24,31-32,35,38-44,46-47,49-51,53,56,58-60,62,65,67-79H2,1-3H3,(H,91,92)(H,93,94)/b11-8-,12-9-,19-16-,20-17-,21-18-,28-25-,29-26-,30-27-,34-33-,37-36-,48-45-,55-52-,57-54-,64-61-,66-63-. The molecule has 0 spiro atoms. The molecule has 18 heteroatoms. The van der Waals surface area contributed by atoms with Crippen molar-refractivity contribution in [1.82, 2.24) is 0 Å². The highest BCUT2D eigenvalue weighted by Crippen LogP contribution is 2.45. The number of aliphatic hydroxyl groups excluding tert-OH is 2. The number of ether oxygens (including phenoxy) is 3. The largest absolute Gasteiger partial charge is 0.472 e. The summed E-state index contributed by atoms with van der Waals surface area (Å²) in [5, 5.41) is 20.6. The van der Waals surface area contributed by atoms with Crippen LogP contribution in [0.5, 0.6) is 0 Å². The molecule has 103 heavy (non-hydrogen) atoms. The van der Waals surface area contributed by atoms with Crippen LogP contribution in [0.3, 0.4) is 0 Å². The highest BCUT2D eigenvalue weighted by atomic mass is 31.2. The first-order valence-electron chi connectivity index (χ1n) is 39.1. The van der Waals surface area contributed by atoms with E-state index in [-0.39, 0.29) is 19.3 Å². The molecule has 0 heterocycles. The topological polar surface area (TPSA) is 231 Å². The molecule has 5 unspecified atom stereocenters. The molecule has 5 atom stereocenters. The Hall–Kier alpha value is -5.35. The number of phosphoric ester groups is 2. The zero-order valence-corrected chi connectivity index (χ0v) is 65.5. The Labute approximate surface area is 624 Å². The van der Waals surface area contributed by atoms with E-state index in [0.717, 1.165) is 103 Å². The Morgan fingerprint density at radius 2 is 0.544 bits per heavy atom. The van der Waals surface area contributed by atoms with Gasteiger partial charge in [-0.1, -0.05) is 299 Å². The third-order valence-corrected chi connectivity index (χ3v) is 17.5. The molecule has 0 saturated carbocycles. The molecule has 0 amide bonds. The molecule has 4 N–H and O–H groups in total. The first-order chi connectivity index (χ1) is 50.2. The molecule has 0 aliphatic rings. The molecular weight excluding hydrogens is 1340 g/mol. The van der Waals surface area contributed by atoms with Gasteiger partial charge in [0.1, 0.15) is 25.4 Å². The van der Waals surface area contributed by atoms with Gasteiger partial charge in [-0.05, 0) is 141 Å². The van der Waals surface area contributed by atoms with Crippen molar-refractivity contribution in [3.63, 3.8) is 0 Å². The number of hydrogen-bond donors (Lipinski definition) is 4. The quantitative estimate of drug-likeness (QED) is 0.0146. The molecular formula is C85H138O16P2. The van der Waals surface area contributed by atoms with Crippen LogP contribution in [0, 0.1) is 0 Å². The van der Waals surface area contributed by atoms with E-state index >= 15 is 0 Å². The van der Waals surface area contributed by atoms with Gasteiger partial charge in [0.2, 0.25) is 0 Å².